The van der Waals surface area contributed by atoms with Crippen LogP contribution in [0.5, 0.6) is 0 Å². The highest BCUT2D eigenvalue weighted by molar-refractivity contribution is 7.46. The Morgan fingerprint density at radius 1 is 1.42 bits per heavy atom. The van der Waals surface area contributed by atoms with Crippen LogP contribution in [0.4, 0.5) is 0 Å². The number of phosphoric ester groups is 1. The van der Waals surface area contributed by atoms with Gasteiger partial charge in [0.05, 0.1) is 6.61 Å². The molecule has 0 rings (SSSR count). The van der Waals surface area contributed by atoms with Crippen molar-refractivity contribution in [3.8, 4) is 0 Å². The molecule has 0 aliphatic heterocycles. The van der Waals surface area contributed by atoms with Crippen LogP contribution in [0.1, 0.15) is 26.7 Å². The number of hydrogen-bond acceptors (Lipinski definition) is 2. The van der Waals surface area contributed by atoms with E-state index in [4.69, 9.17) is 9.79 Å². The van der Waals surface area contributed by atoms with E-state index in [1.807, 2.05) is 13.8 Å². The summed E-state index contributed by atoms with van der Waals surface area (Å²) in [5.74, 6) is 0. The summed E-state index contributed by atoms with van der Waals surface area (Å²) in [5.41, 5.74) is 1.14. The van der Waals surface area contributed by atoms with Crippen molar-refractivity contribution in [2.75, 3.05) is 6.61 Å². The zero-order valence-corrected chi connectivity index (χ0v) is 8.25. The molecule has 0 aromatic carbocycles. The summed E-state index contributed by atoms with van der Waals surface area (Å²) in [6.07, 6.45) is 3.49. The van der Waals surface area contributed by atoms with E-state index in [1.165, 1.54) is 0 Å². The van der Waals surface area contributed by atoms with E-state index < -0.39 is 7.82 Å². The molecule has 0 unspecified atom stereocenters. The van der Waals surface area contributed by atoms with Crippen LogP contribution in [0, 0.1) is 0 Å². The lowest BCUT2D eigenvalue weighted by Crippen LogP contribution is -1.90. The Balaban J connectivity index is 3.80. The summed E-state index contributed by atoms with van der Waals surface area (Å²) >= 11 is 0. The van der Waals surface area contributed by atoms with Gasteiger partial charge in [0.15, 0.2) is 0 Å². The molecular formula is C7H15O4P. The fourth-order valence-electron chi connectivity index (χ4n) is 0.791. The summed E-state index contributed by atoms with van der Waals surface area (Å²) in [6, 6.07) is 0. The van der Waals surface area contributed by atoms with E-state index in [-0.39, 0.29) is 6.61 Å². The normalized spacial score (nSPS) is 11.3. The third kappa shape index (κ3) is 6.55. The number of phosphoric acid groups is 1. The third-order valence-corrected chi connectivity index (χ3v) is 2.01. The molecule has 4 nitrogen and oxygen atoms in total. The average molecular weight is 194 g/mol. The fraction of sp³-hybridized carbons (Fsp3) is 0.714. The van der Waals surface area contributed by atoms with Gasteiger partial charge in [0, 0.05) is 0 Å². The second-order valence-electron chi connectivity index (χ2n) is 2.36. The molecule has 0 amide bonds. The average Bonchev–Trinajstić information content (AvgIpc) is 1.96. The first-order chi connectivity index (χ1) is 5.49. The predicted octanol–water partition coefficient (Wildman–Crippen LogP) is 1.84. The van der Waals surface area contributed by atoms with Gasteiger partial charge in [-0.2, -0.15) is 0 Å². The molecule has 5 heteroatoms. The van der Waals surface area contributed by atoms with Gasteiger partial charge in [-0.3, -0.25) is 4.52 Å². The molecule has 0 saturated carbocycles. The number of rotatable bonds is 5. The quantitative estimate of drug-likeness (QED) is 0.517. The molecule has 12 heavy (non-hydrogen) atoms. The Morgan fingerprint density at radius 2 is 1.92 bits per heavy atom. The molecule has 0 aliphatic rings. The van der Waals surface area contributed by atoms with Crippen LogP contribution >= 0.6 is 7.82 Å². The van der Waals surface area contributed by atoms with Crippen molar-refractivity contribution in [3.05, 3.63) is 11.6 Å². The standard InChI is InChI=1S/C7H15O4P/c1-3-7(4-2)5-6-11-12(8,9)10/h5H,3-4,6H2,1-2H3,(H2,8,9,10). The highest BCUT2D eigenvalue weighted by Crippen LogP contribution is 2.35. The van der Waals surface area contributed by atoms with Crippen LogP contribution in [0.25, 0.3) is 0 Å². The van der Waals surface area contributed by atoms with Crippen molar-refractivity contribution in [2.45, 2.75) is 26.7 Å². The van der Waals surface area contributed by atoms with Crippen LogP contribution in [-0.4, -0.2) is 16.4 Å². The molecule has 72 valence electrons. The number of allylic oxidation sites excluding steroid dienone is 1. The monoisotopic (exact) mass is 194 g/mol. The SMILES string of the molecule is CCC(=CCOP(=O)(O)O)CC. The van der Waals surface area contributed by atoms with Gasteiger partial charge >= 0.3 is 7.82 Å². The molecule has 2 N–H and O–H groups in total. The van der Waals surface area contributed by atoms with Crippen LogP contribution in [-0.2, 0) is 9.09 Å². The predicted molar refractivity (Wildman–Crippen MR) is 46.7 cm³/mol. The lowest BCUT2D eigenvalue weighted by molar-refractivity contribution is 0.215. The first-order valence-corrected chi connectivity index (χ1v) is 5.40. The Kier molecular flexibility index (Phi) is 5.42. The summed E-state index contributed by atoms with van der Waals surface area (Å²) in [7, 11) is -4.29. The zero-order chi connectivity index (χ0) is 9.61. The minimum absolute atomic E-state index is 0.0126. The maximum Gasteiger partial charge on any atom is 0.469 e. The summed E-state index contributed by atoms with van der Waals surface area (Å²) in [4.78, 5) is 16.7. The van der Waals surface area contributed by atoms with Gasteiger partial charge in [-0.1, -0.05) is 25.5 Å². The van der Waals surface area contributed by atoms with E-state index in [9.17, 15) is 4.57 Å². The van der Waals surface area contributed by atoms with Gasteiger partial charge < -0.3 is 9.79 Å². The van der Waals surface area contributed by atoms with Gasteiger partial charge in [-0.05, 0) is 12.8 Å². The van der Waals surface area contributed by atoms with Crippen LogP contribution in [0.15, 0.2) is 11.6 Å². The van der Waals surface area contributed by atoms with Crippen molar-refractivity contribution in [1.29, 1.82) is 0 Å². The van der Waals surface area contributed by atoms with Crippen LogP contribution < -0.4 is 0 Å². The first kappa shape index (κ1) is 11.8. The summed E-state index contributed by atoms with van der Waals surface area (Å²) < 4.78 is 14.5. The first-order valence-electron chi connectivity index (χ1n) is 3.87. The highest BCUT2D eigenvalue weighted by atomic mass is 31.2. The smallest absolute Gasteiger partial charge is 0.303 e. The van der Waals surface area contributed by atoms with E-state index in [0.717, 1.165) is 18.4 Å². The van der Waals surface area contributed by atoms with Gasteiger partial charge in [-0.15, -0.1) is 0 Å². The molecule has 0 aliphatic carbocycles. The molecule has 0 atom stereocenters. The van der Waals surface area contributed by atoms with Crippen molar-refractivity contribution in [2.24, 2.45) is 0 Å². The maximum atomic E-state index is 10.2. The van der Waals surface area contributed by atoms with Gasteiger partial charge in [0.2, 0.25) is 0 Å². The highest BCUT2D eigenvalue weighted by Gasteiger charge is 2.11. The third-order valence-electron chi connectivity index (χ3n) is 1.52. The summed E-state index contributed by atoms with van der Waals surface area (Å²) in [5, 5.41) is 0. The lowest BCUT2D eigenvalue weighted by atomic mass is 10.1. The van der Waals surface area contributed by atoms with Crippen molar-refractivity contribution in [1.82, 2.24) is 0 Å². The molecular weight excluding hydrogens is 179 g/mol. The largest absolute Gasteiger partial charge is 0.469 e. The second-order valence-corrected chi connectivity index (χ2v) is 3.60. The van der Waals surface area contributed by atoms with E-state index >= 15 is 0 Å². The second kappa shape index (κ2) is 5.49. The molecule has 0 bridgehead atoms. The fourth-order valence-corrected chi connectivity index (χ4v) is 1.06. The molecule has 0 saturated heterocycles. The Morgan fingerprint density at radius 3 is 2.25 bits per heavy atom. The van der Waals surface area contributed by atoms with E-state index in [2.05, 4.69) is 4.52 Å². The lowest BCUT2D eigenvalue weighted by Gasteiger charge is -2.03. The van der Waals surface area contributed by atoms with Crippen molar-refractivity contribution >= 4 is 7.82 Å². The minimum Gasteiger partial charge on any atom is -0.303 e. The van der Waals surface area contributed by atoms with Gasteiger partial charge in [0.25, 0.3) is 0 Å². The topological polar surface area (TPSA) is 66.8 Å². The Bertz CT molecular complexity index is 188. The Hall–Kier alpha value is -0.150. The van der Waals surface area contributed by atoms with E-state index in [0.29, 0.717) is 0 Å². The van der Waals surface area contributed by atoms with Crippen molar-refractivity contribution in [3.63, 3.8) is 0 Å². The molecule has 0 aromatic heterocycles. The molecule has 0 aromatic rings. The van der Waals surface area contributed by atoms with E-state index in [1.54, 1.807) is 6.08 Å². The van der Waals surface area contributed by atoms with Crippen molar-refractivity contribution < 1.29 is 18.9 Å². The van der Waals surface area contributed by atoms with Gasteiger partial charge in [-0.25, -0.2) is 4.57 Å². The molecule has 0 spiro atoms. The Labute approximate surface area is 72.5 Å². The molecule has 0 radical (unpaired) electrons. The molecule has 0 fully saturated rings. The maximum absolute atomic E-state index is 10.2. The molecule has 0 heterocycles. The zero-order valence-electron chi connectivity index (χ0n) is 7.36. The van der Waals surface area contributed by atoms with Crippen LogP contribution in [0.2, 0.25) is 0 Å². The summed E-state index contributed by atoms with van der Waals surface area (Å²) in [6.45, 7) is 3.97. The number of hydrogen-bond donors (Lipinski definition) is 2. The van der Waals surface area contributed by atoms with Crippen LogP contribution in [0.3, 0.4) is 0 Å². The minimum atomic E-state index is -4.29. The van der Waals surface area contributed by atoms with Gasteiger partial charge in [0.1, 0.15) is 0 Å².